The van der Waals surface area contributed by atoms with E-state index in [2.05, 4.69) is 42.5 Å². The van der Waals surface area contributed by atoms with Crippen LogP contribution in [-0.2, 0) is 14.9 Å². The maximum Gasteiger partial charge on any atom is 0.296 e. The summed E-state index contributed by atoms with van der Waals surface area (Å²) in [6, 6.07) is 4.44. The lowest BCUT2D eigenvalue weighted by Gasteiger charge is -2.13. The first-order chi connectivity index (χ1) is 8.88. The Kier molecular flexibility index (Phi) is 6.54. The van der Waals surface area contributed by atoms with E-state index in [9.17, 15) is 8.42 Å². The van der Waals surface area contributed by atoms with Crippen LogP contribution in [0.2, 0.25) is 0 Å². The summed E-state index contributed by atoms with van der Waals surface area (Å²) in [5, 5.41) is 6.23. The molecule has 108 valence electrons. The molecule has 9 heteroatoms. The molecular formula is C10H14Br2N2O4S. The molecule has 0 radical (unpaired) electrons. The van der Waals surface area contributed by atoms with Gasteiger partial charge in [-0.15, -0.1) is 0 Å². The number of halogens is 2. The molecule has 0 spiro atoms. The van der Waals surface area contributed by atoms with Crippen molar-refractivity contribution in [2.24, 2.45) is 0 Å². The van der Waals surface area contributed by atoms with E-state index in [0.717, 1.165) is 0 Å². The van der Waals surface area contributed by atoms with Crippen LogP contribution in [0.5, 0.6) is 0 Å². The fourth-order valence-electron chi connectivity index (χ4n) is 1.32. The van der Waals surface area contributed by atoms with Crippen molar-refractivity contribution < 1.29 is 17.7 Å². The summed E-state index contributed by atoms with van der Waals surface area (Å²) < 4.78 is 36.6. The zero-order valence-electron chi connectivity index (χ0n) is 10.1. The van der Waals surface area contributed by atoms with E-state index in [1.165, 1.54) is 6.07 Å². The van der Waals surface area contributed by atoms with E-state index in [4.69, 9.17) is 9.29 Å². The number of benzene rings is 1. The van der Waals surface area contributed by atoms with Crippen LogP contribution in [0.25, 0.3) is 0 Å². The van der Waals surface area contributed by atoms with Crippen molar-refractivity contribution in [2.75, 3.05) is 29.7 Å². The van der Waals surface area contributed by atoms with Gasteiger partial charge in [-0.1, -0.05) is 31.9 Å². The summed E-state index contributed by atoms with van der Waals surface area (Å²) in [7, 11) is -2.66. The minimum atomic E-state index is -4.24. The van der Waals surface area contributed by atoms with Gasteiger partial charge in [-0.3, -0.25) is 4.55 Å². The third-order valence-electron chi connectivity index (χ3n) is 2.19. The van der Waals surface area contributed by atoms with Crippen molar-refractivity contribution in [1.29, 1.82) is 0 Å². The molecule has 0 heterocycles. The van der Waals surface area contributed by atoms with E-state index >= 15 is 0 Å². The zero-order valence-corrected chi connectivity index (χ0v) is 14.0. The molecule has 0 amide bonds. The van der Waals surface area contributed by atoms with Crippen molar-refractivity contribution in [3.63, 3.8) is 0 Å². The van der Waals surface area contributed by atoms with E-state index in [1.807, 2.05) is 0 Å². The Morgan fingerprint density at radius 3 is 2.68 bits per heavy atom. The summed E-state index contributed by atoms with van der Waals surface area (Å²) >= 11 is 6.53. The molecular weight excluding hydrogens is 404 g/mol. The van der Waals surface area contributed by atoms with Gasteiger partial charge in [-0.25, -0.2) is 0 Å². The summed E-state index contributed by atoms with van der Waals surface area (Å²) in [5.74, 6) is 0. The molecule has 0 saturated heterocycles. The number of anilines is 2. The van der Waals surface area contributed by atoms with E-state index in [0.29, 0.717) is 16.7 Å². The molecule has 0 bridgehead atoms. The number of alkyl halides is 2. The molecule has 1 aromatic rings. The molecule has 6 nitrogen and oxygen atoms in total. The Labute approximate surface area is 128 Å². The van der Waals surface area contributed by atoms with Gasteiger partial charge >= 0.3 is 0 Å². The van der Waals surface area contributed by atoms with Crippen LogP contribution in [0.15, 0.2) is 23.1 Å². The highest BCUT2D eigenvalue weighted by molar-refractivity contribution is 9.12. The highest BCUT2D eigenvalue weighted by Gasteiger charge is 2.15. The van der Waals surface area contributed by atoms with Crippen molar-refractivity contribution >= 4 is 53.4 Å². The molecule has 0 aromatic heterocycles. The number of nitrogens with one attached hydrogen (secondary N) is 2. The van der Waals surface area contributed by atoms with Gasteiger partial charge in [-0.2, -0.15) is 8.42 Å². The first-order valence-electron chi connectivity index (χ1n) is 5.23. The van der Waals surface area contributed by atoms with E-state index < -0.39 is 10.1 Å². The van der Waals surface area contributed by atoms with Gasteiger partial charge in [0.15, 0.2) is 0 Å². The van der Waals surface area contributed by atoms with Gasteiger partial charge in [0.25, 0.3) is 10.1 Å². The molecule has 1 atom stereocenters. The molecule has 0 aliphatic carbocycles. The Hall–Kier alpha value is -0.350. The second kappa shape index (κ2) is 7.44. The lowest BCUT2D eigenvalue weighted by molar-refractivity contribution is 0.150. The zero-order chi connectivity index (χ0) is 14.5. The van der Waals surface area contributed by atoms with Gasteiger partial charge in [0.05, 0.1) is 5.69 Å². The van der Waals surface area contributed by atoms with Crippen molar-refractivity contribution in [2.45, 2.75) is 9.91 Å². The van der Waals surface area contributed by atoms with E-state index in [-0.39, 0.29) is 16.6 Å². The van der Waals surface area contributed by atoms with Gasteiger partial charge in [0.2, 0.25) is 0 Å². The van der Waals surface area contributed by atoms with Crippen LogP contribution in [-0.4, -0.2) is 37.1 Å². The summed E-state index contributed by atoms with van der Waals surface area (Å²) in [6.45, 7) is 0.260. The molecule has 1 unspecified atom stereocenters. The largest absolute Gasteiger partial charge is 0.387 e. The van der Waals surface area contributed by atoms with Crippen LogP contribution in [0.4, 0.5) is 11.4 Å². The van der Waals surface area contributed by atoms with Gasteiger partial charge < -0.3 is 15.4 Å². The number of ether oxygens (including phenoxy) is 1. The van der Waals surface area contributed by atoms with Gasteiger partial charge in [0.1, 0.15) is 16.6 Å². The van der Waals surface area contributed by atoms with Crippen molar-refractivity contribution in [1.82, 2.24) is 0 Å². The molecule has 0 aliphatic rings. The maximum absolute atomic E-state index is 11.1. The van der Waals surface area contributed by atoms with Crippen LogP contribution in [0, 0.1) is 0 Å². The van der Waals surface area contributed by atoms with Gasteiger partial charge in [-0.05, 0) is 18.2 Å². The highest BCUT2D eigenvalue weighted by atomic mass is 79.9. The van der Waals surface area contributed by atoms with Crippen LogP contribution < -0.4 is 10.6 Å². The molecule has 0 aliphatic heterocycles. The Morgan fingerprint density at radius 2 is 2.16 bits per heavy atom. The number of rotatable bonds is 7. The average Bonchev–Trinajstić information content (AvgIpc) is 2.37. The SMILES string of the molecule is CNc1cc(NCOC(Br)CBr)ccc1S(=O)(=O)O. The standard InChI is InChI=1S/C10H14Br2N2O4S/c1-13-8-4-7(14-6-18-10(12)5-11)2-3-9(8)19(15,16)17/h2-4,10,13-14H,5-6H2,1H3,(H,15,16,17). The second-order valence-electron chi connectivity index (χ2n) is 3.49. The lowest BCUT2D eigenvalue weighted by Crippen LogP contribution is -2.13. The summed E-state index contributed by atoms with van der Waals surface area (Å²) in [5.41, 5.74) is 0.981. The summed E-state index contributed by atoms with van der Waals surface area (Å²) in [6.07, 6.45) is 0. The maximum atomic E-state index is 11.1. The van der Waals surface area contributed by atoms with Crippen LogP contribution in [0.1, 0.15) is 0 Å². The number of hydrogen-bond acceptors (Lipinski definition) is 5. The van der Waals surface area contributed by atoms with Crippen molar-refractivity contribution in [3.05, 3.63) is 18.2 Å². The smallest absolute Gasteiger partial charge is 0.296 e. The first-order valence-corrected chi connectivity index (χ1v) is 8.71. The van der Waals surface area contributed by atoms with Gasteiger partial charge in [0, 0.05) is 18.1 Å². The molecule has 0 fully saturated rings. The molecule has 3 N–H and O–H groups in total. The predicted molar refractivity (Wildman–Crippen MR) is 81.9 cm³/mol. The van der Waals surface area contributed by atoms with Crippen molar-refractivity contribution in [3.8, 4) is 0 Å². The first kappa shape index (κ1) is 16.7. The predicted octanol–water partition coefficient (Wildman–Crippen LogP) is 2.48. The summed E-state index contributed by atoms with van der Waals surface area (Å²) in [4.78, 5) is -0.166. The Morgan fingerprint density at radius 1 is 1.47 bits per heavy atom. The lowest BCUT2D eigenvalue weighted by atomic mass is 10.3. The minimum Gasteiger partial charge on any atom is -0.387 e. The monoisotopic (exact) mass is 416 g/mol. The second-order valence-corrected chi connectivity index (χ2v) is 6.55. The van der Waals surface area contributed by atoms with E-state index in [1.54, 1.807) is 19.2 Å². The fraction of sp³-hybridized carbons (Fsp3) is 0.400. The minimum absolute atomic E-state index is 0.110. The normalized spacial score (nSPS) is 13.1. The third kappa shape index (κ3) is 5.27. The van der Waals surface area contributed by atoms with Crippen LogP contribution >= 0.6 is 31.9 Å². The highest BCUT2D eigenvalue weighted by Crippen LogP contribution is 2.24. The molecule has 1 rings (SSSR count). The average molecular weight is 418 g/mol. The number of hydrogen-bond donors (Lipinski definition) is 3. The Bertz CT molecular complexity index is 524. The molecule has 19 heavy (non-hydrogen) atoms. The topological polar surface area (TPSA) is 87.7 Å². The third-order valence-corrected chi connectivity index (χ3v) is 5.15. The molecule has 0 saturated carbocycles. The quantitative estimate of drug-likeness (QED) is 0.359. The van der Waals surface area contributed by atoms with Crippen LogP contribution in [0.3, 0.4) is 0 Å². The Balaban J connectivity index is 2.78. The molecule has 1 aromatic carbocycles. The fourth-order valence-corrected chi connectivity index (χ4v) is 2.32.